The third-order valence-corrected chi connectivity index (χ3v) is 6.03. The fourth-order valence-electron chi connectivity index (χ4n) is 4.42. The molecule has 4 rings (SSSR count). The minimum atomic E-state index is -0.666. The van der Waals surface area contributed by atoms with Crippen molar-refractivity contribution in [1.29, 1.82) is 0 Å². The fraction of sp³-hybridized carbons (Fsp3) is 0.375. The molecule has 3 nitrogen and oxygen atoms in total. The standard InChI is InChI=1S/C24H26FNO2/c25-20-9-10-22-19(16-20)8-7-17-4-1-2-5-21(17)23(22)6-3-13-26-14-11-18(12-15-26)24(27)28/h1-2,4-6,8-10,18H,3,7,11-16H2,(H,27,28). The number of hydrogen-bond acceptors (Lipinski definition) is 2. The van der Waals surface area contributed by atoms with Crippen molar-refractivity contribution in [2.75, 3.05) is 19.6 Å². The van der Waals surface area contributed by atoms with Crippen LogP contribution in [0.2, 0.25) is 0 Å². The first-order valence-corrected chi connectivity index (χ1v) is 10.1. The Hall–Kier alpha value is -2.46. The molecule has 0 unspecified atom stereocenters. The van der Waals surface area contributed by atoms with Crippen LogP contribution in [0.5, 0.6) is 0 Å². The maximum atomic E-state index is 13.8. The molecule has 146 valence electrons. The van der Waals surface area contributed by atoms with E-state index in [0.29, 0.717) is 6.42 Å². The van der Waals surface area contributed by atoms with Crippen molar-refractivity contribution in [2.45, 2.75) is 32.1 Å². The summed E-state index contributed by atoms with van der Waals surface area (Å²) < 4.78 is 13.8. The fourth-order valence-corrected chi connectivity index (χ4v) is 4.42. The van der Waals surface area contributed by atoms with Crippen molar-refractivity contribution in [2.24, 2.45) is 5.92 Å². The molecular formula is C24H26FNO2. The van der Waals surface area contributed by atoms with Gasteiger partial charge in [-0.25, -0.2) is 4.39 Å². The molecule has 3 aliphatic rings. The predicted octanol–water partition coefficient (Wildman–Crippen LogP) is 4.92. The molecule has 0 bridgehead atoms. The van der Waals surface area contributed by atoms with E-state index in [9.17, 15) is 9.18 Å². The number of fused-ring (bicyclic) bond motifs is 2. The van der Waals surface area contributed by atoms with E-state index in [2.05, 4.69) is 41.3 Å². The van der Waals surface area contributed by atoms with E-state index in [0.717, 1.165) is 56.5 Å². The lowest BCUT2D eigenvalue weighted by atomic mass is 9.87. The second-order valence-electron chi connectivity index (χ2n) is 7.82. The van der Waals surface area contributed by atoms with Crippen molar-refractivity contribution in [3.8, 4) is 0 Å². The SMILES string of the molecule is O=C(O)C1CCN(CCC=C2C3=CC=C(F)CC3=CCc3ccccc32)CC1. The maximum Gasteiger partial charge on any atom is 0.306 e. The van der Waals surface area contributed by atoms with Crippen molar-refractivity contribution < 1.29 is 14.3 Å². The minimum Gasteiger partial charge on any atom is -0.481 e. The monoisotopic (exact) mass is 379 g/mol. The number of benzene rings is 1. The molecular weight excluding hydrogens is 353 g/mol. The number of carbonyl (C=O) groups is 1. The van der Waals surface area contributed by atoms with Gasteiger partial charge in [0, 0.05) is 13.0 Å². The van der Waals surface area contributed by atoms with Crippen LogP contribution in [0.1, 0.15) is 36.8 Å². The summed E-state index contributed by atoms with van der Waals surface area (Å²) in [5, 5.41) is 9.15. The predicted molar refractivity (Wildman–Crippen MR) is 110 cm³/mol. The maximum absolute atomic E-state index is 13.8. The second-order valence-corrected chi connectivity index (χ2v) is 7.82. The van der Waals surface area contributed by atoms with Crippen LogP contribution in [-0.2, 0) is 11.2 Å². The summed E-state index contributed by atoms with van der Waals surface area (Å²) >= 11 is 0. The highest BCUT2D eigenvalue weighted by atomic mass is 19.1. The van der Waals surface area contributed by atoms with Crippen LogP contribution in [-0.4, -0.2) is 35.6 Å². The Kier molecular flexibility index (Phi) is 5.58. The molecule has 4 heteroatoms. The Morgan fingerprint density at radius 2 is 2.00 bits per heavy atom. The van der Waals surface area contributed by atoms with E-state index in [4.69, 9.17) is 5.11 Å². The summed E-state index contributed by atoms with van der Waals surface area (Å²) in [6.45, 7) is 2.62. The molecule has 0 aromatic heterocycles. The minimum absolute atomic E-state index is 0.0818. The van der Waals surface area contributed by atoms with E-state index in [1.165, 1.54) is 16.7 Å². The van der Waals surface area contributed by atoms with Gasteiger partial charge in [-0.3, -0.25) is 4.79 Å². The lowest BCUT2D eigenvalue weighted by Gasteiger charge is -2.29. The second kappa shape index (κ2) is 8.27. The van der Waals surface area contributed by atoms with Crippen LogP contribution in [0.25, 0.3) is 5.57 Å². The van der Waals surface area contributed by atoms with Crippen LogP contribution < -0.4 is 0 Å². The Labute approximate surface area is 165 Å². The highest BCUT2D eigenvalue weighted by Gasteiger charge is 2.24. The molecule has 1 aromatic rings. The molecule has 0 atom stereocenters. The van der Waals surface area contributed by atoms with E-state index >= 15 is 0 Å². The molecule has 28 heavy (non-hydrogen) atoms. The zero-order valence-corrected chi connectivity index (χ0v) is 16.0. The zero-order chi connectivity index (χ0) is 19.5. The Morgan fingerprint density at radius 1 is 1.21 bits per heavy atom. The first kappa shape index (κ1) is 18.9. The first-order valence-electron chi connectivity index (χ1n) is 10.1. The number of rotatable bonds is 4. The van der Waals surface area contributed by atoms with Crippen molar-refractivity contribution in [3.63, 3.8) is 0 Å². The molecule has 1 aromatic carbocycles. The summed E-state index contributed by atoms with van der Waals surface area (Å²) in [7, 11) is 0. The van der Waals surface area contributed by atoms with Gasteiger partial charge in [0.2, 0.25) is 0 Å². The van der Waals surface area contributed by atoms with Crippen LogP contribution in [0, 0.1) is 5.92 Å². The van der Waals surface area contributed by atoms with Gasteiger partial charge in [0.15, 0.2) is 0 Å². The van der Waals surface area contributed by atoms with Gasteiger partial charge in [-0.2, -0.15) is 0 Å². The van der Waals surface area contributed by atoms with Gasteiger partial charge in [0.25, 0.3) is 0 Å². The Morgan fingerprint density at radius 3 is 2.79 bits per heavy atom. The highest BCUT2D eigenvalue weighted by molar-refractivity contribution is 5.87. The van der Waals surface area contributed by atoms with Gasteiger partial charge in [-0.05, 0) is 72.7 Å². The van der Waals surface area contributed by atoms with E-state index < -0.39 is 5.97 Å². The summed E-state index contributed by atoms with van der Waals surface area (Å²) in [4.78, 5) is 13.5. The molecule has 1 saturated heterocycles. The average molecular weight is 379 g/mol. The molecule has 2 aliphatic carbocycles. The largest absolute Gasteiger partial charge is 0.481 e. The third kappa shape index (κ3) is 4.02. The quantitative estimate of drug-likeness (QED) is 0.807. The molecule has 1 fully saturated rings. The molecule has 0 saturated carbocycles. The molecule has 0 radical (unpaired) electrons. The first-order chi connectivity index (χ1) is 13.6. The van der Waals surface area contributed by atoms with Gasteiger partial charge in [-0.1, -0.05) is 42.5 Å². The normalized spacial score (nSPS) is 21.9. The van der Waals surface area contributed by atoms with Crippen LogP contribution in [0.3, 0.4) is 0 Å². The zero-order valence-electron chi connectivity index (χ0n) is 16.0. The third-order valence-electron chi connectivity index (χ3n) is 6.03. The molecule has 1 N–H and O–H groups in total. The van der Waals surface area contributed by atoms with Crippen LogP contribution in [0.4, 0.5) is 4.39 Å². The van der Waals surface area contributed by atoms with E-state index in [-0.39, 0.29) is 11.7 Å². The average Bonchev–Trinajstić information content (AvgIpc) is 2.85. The highest BCUT2D eigenvalue weighted by Crippen LogP contribution is 2.39. The van der Waals surface area contributed by atoms with Crippen molar-refractivity contribution in [1.82, 2.24) is 4.90 Å². The summed E-state index contributed by atoms with van der Waals surface area (Å²) in [6.07, 6.45) is 11.5. The van der Waals surface area contributed by atoms with Gasteiger partial charge in [0.05, 0.1) is 5.92 Å². The molecule has 0 amide bonds. The lowest BCUT2D eigenvalue weighted by Crippen LogP contribution is -2.36. The van der Waals surface area contributed by atoms with Gasteiger partial charge >= 0.3 is 5.97 Å². The van der Waals surface area contributed by atoms with Gasteiger partial charge in [0.1, 0.15) is 5.83 Å². The topological polar surface area (TPSA) is 40.5 Å². The van der Waals surface area contributed by atoms with E-state index in [1.54, 1.807) is 6.08 Å². The number of piperidine rings is 1. The number of aliphatic carboxylic acids is 1. The van der Waals surface area contributed by atoms with Crippen LogP contribution >= 0.6 is 0 Å². The number of carboxylic acid groups (broad SMARTS) is 1. The van der Waals surface area contributed by atoms with Gasteiger partial charge in [-0.15, -0.1) is 0 Å². The van der Waals surface area contributed by atoms with Crippen molar-refractivity contribution in [3.05, 3.63) is 76.7 Å². The molecule has 1 heterocycles. The summed E-state index contributed by atoms with van der Waals surface area (Å²) in [6, 6.07) is 8.43. The van der Waals surface area contributed by atoms with Gasteiger partial charge < -0.3 is 10.0 Å². The lowest BCUT2D eigenvalue weighted by molar-refractivity contribution is -0.143. The Balaban J connectivity index is 1.52. The number of halogens is 1. The number of nitrogens with zero attached hydrogens (tertiary/aromatic N) is 1. The number of allylic oxidation sites excluding steroid dienone is 7. The summed E-state index contributed by atoms with van der Waals surface area (Å²) in [5.41, 5.74) is 5.92. The summed E-state index contributed by atoms with van der Waals surface area (Å²) in [5.74, 6) is -0.938. The Bertz CT molecular complexity index is 886. The number of hydrogen-bond donors (Lipinski definition) is 1. The number of carboxylic acids is 1. The van der Waals surface area contributed by atoms with Crippen LogP contribution in [0.15, 0.2) is 65.5 Å². The molecule has 0 spiro atoms. The van der Waals surface area contributed by atoms with Crippen molar-refractivity contribution >= 4 is 11.5 Å². The van der Waals surface area contributed by atoms with E-state index in [1.807, 2.05) is 6.08 Å². The number of likely N-dealkylation sites (tertiary alicyclic amines) is 1. The molecule has 1 aliphatic heterocycles. The smallest absolute Gasteiger partial charge is 0.306 e.